The summed E-state index contributed by atoms with van der Waals surface area (Å²) in [5.41, 5.74) is -1.44. The highest BCUT2D eigenvalue weighted by atomic mass is 19.3. The summed E-state index contributed by atoms with van der Waals surface area (Å²) >= 11 is 0. The molecular weight excluding hydrogens is 447 g/mol. The van der Waals surface area contributed by atoms with Crippen LogP contribution in [-0.2, 0) is 9.59 Å². The molecule has 6 nitrogen and oxygen atoms in total. The molecule has 1 N–H and O–H groups in total. The molecule has 1 atom stereocenters. The topological polar surface area (TPSA) is 73.7 Å². The van der Waals surface area contributed by atoms with Crippen LogP contribution in [0.3, 0.4) is 0 Å². The lowest BCUT2D eigenvalue weighted by Crippen LogP contribution is -2.51. The number of nitrogens with zero attached hydrogens (tertiary/aromatic N) is 3. The largest absolute Gasteiger partial charge is 0.481 e. The molecular formula is C25H28F3N3O3. The highest BCUT2D eigenvalue weighted by Crippen LogP contribution is 2.41. The molecule has 0 bridgehead atoms. The third kappa shape index (κ3) is 5.03. The molecule has 1 aliphatic heterocycles. The molecule has 9 heteroatoms. The monoisotopic (exact) mass is 475 g/mol. The van der Waals surface area contributed by atoms with Gasteiger partial charge in [0.15, 0.2) is 0 Å². The van der Waals surface area contributed by atoms with Crippen molar-refractivity contribution in [3.8, 4) is 0 Å². The van der Waals surface area contributed by atoms with Crippen LogP contribution in [0.25, 0.3) is 0 Å². The van der Waals surface area contributed by atoms with Gasteiger partial charge < -0.3 is 14.9 Å². The average Bonchev–Trinajstić information content (AvgIpc) is 2.81. The molecule has 1 saturated heterocycles. The lowest BCUT2D eigenvalue weighted by Gasteiger charge is -2.42. The fraction of sp³-hybridized carbons (Fsp3) is 0.480. The molecule has 1 aromatic heterocycles. The first kappa shape index (κ1) is 24.0. The van der Waals surface area contributed by atoms with Gasteiger partial charge in [0, 0.05) is 44.6 Å². The van der Waals surface area contributed by atoms with E-state index < -0.39 is 41.5 Å². The minimum absolute atomic E-state index is 0.0818. The van der Waals surface area contributed by atoms with Crippen molar-refractivity contribution in [2.45, 2.75) is 56.9 Å². The van der Waals surface area contributed by atoms with Gasteiger partial charge in [0.2, 0.25) is 11.8 Å². The molecule has 0 spiro atoms. The van der Waals surface area contributed by atoms with Gasteiger partial charge in [0.1, 0.15) is 11.6 Å². The number of hydrogen-bond acceptors (Lipinski definition) is 4. The number of pyridine rings is 1. The summed E-state index contributed by atoms with van der Waals surface area (Å²) in [7, 11) is 0. The highest BCUT2D eigenvalue weighted by Gasteiger charge is 2.47. The number of amides is 1. The van der Waals surface area contributed by atoms with Gasteiger partial charge in [-0.25, -0.2) is 18.2 Å². The molecule has 1 saturated carbocycles. The van der Waals surface area contributed by atoms with Gasteiger partial charge in [0.25, 0.3) is 0 Å². The maximum absolute atomic E-state index is 14.7. The Bertz CT molecular complexity index is 1030. The standard InChI is InChI=1S/C25H28F3N3O3/c26-19-7-1-2-8-20(19)31(18-6-5-10-25(27,28)16-18)22(32)17-24(23(33)34)11-14-30(15-12-24)21-9-3-4-13-29-21/h1-4,7-9,13,18H,5-6,10-12,14-17H2,(H,33,34). The van der Waals surface area contributed by atoms with Crippen molar-refractivity contribution in [2.75, 3.05) is 22.9 Å². The summed E-state index contributed by atoms with van der Waals surface area (Å²) in [6, 6.07) is 10.1. The minimum Gasteiger partial charge on any atom is -0.481 e. The van der Waals surface area contributed by atoms with Crippen molar-refractivity contribution in [2.24, 2.45) is 5.41 Å². The zero-order valence-corrected chi connectivity index (χ0v) is 18.8. The zero-order valence-electron chi connectivity index (χ0n) is 18.8. The van der Waals surface area contributed by atoms with E-state index in [9.17, 15) is 27.9 Å². The van der Waals surface area contributed by atoms with Crippen LogP contribution >= 0.6 is 0 Å². The molecule has 4 rings (SSSR count). The second-order valence-electron chi connectivity index (χ2n) is 9.26. The van der Waals surface area contributed by atoms with Crippen LogP contribution in [0.2, 0.25) is 0 Å². The number of carboxylic acids is 1. The second-order valence-corrected chi connectivity index (χ2v) is 9.26. The van der Waals surface area contributed by atoms with E-state index in [2.05, 4.69) is 4.98 Å². The first-order valence-corrected chi connectivity index (χ1v) is 11.5. The molecule has 2 aromatic rings. The van der Waals surface area contributed by atoms with Crippen molar-refractivity contribution in [1.29, 1.82) is 0 Å². The number of piperidine rings is 1. The molecule has 2 aliphatic rings. The van der Waals surface area contributed by atoms with E-state index in [1.54, 1.807) is 12.3 Å². The summed E-state index contributed by atoms with van der Waals surface area (Å²) in [5.74, 6) is -4.67. The molecule has 1 aliphatic carbocycles. The van der Waals surface area contributed by atoms with Crippen LogP contribution < -0.4 is 9.80 Å². The number of aliphatic carboxylic acids is 1. The maximum atomic E-state index is 14.7. The van der Waals surface area contributed by atoms with Gasteiger partial charge in [-0.15, -0.1) is 0 Å². The minimum atomic E-state index is -2.95. The van der Waals surface area contributed by atoms with Crippen molar-refractivity contribution < 1.29 is 27.9 Å². The Labute approximate surface area is 196 Å². The summed E-state index contributed by atoms with van der Waals surface area (Å²) in [5, 5.41) is 10.1. The molecule has 1 unspecified atom stereocenters. The van der Waals surface area contributed by atoms with E-state index in [-0.39, 0.29) is 37.8 Å². The van der Waals surface area contributed by atoms with Gasteiger partial charge in [-0.1, -0.05) is 18.2 Å². The van der Waals surface area contributed by atoms with Crippen molar-refractivity contribution in [1.82, 2.24) is 4.98 Å². The van der Waals surface area contributed by atoms with Crippen molar-refractivity contribution in [3.63, 3.8) is 0 Å². The molecule has 0 radical (unpaired) electrons. The van der Waals surface area contributed by atoms with E-state index >= 15 is 0 Å². The number of hydrogen-bond donors (Lipinski definition) is 1. The Hall–Kier alpha value is -3.10. The third-order valence-corrected chi connectivity index (χ3v) is 7.00. The smallest absolute Gasteiger partial charge is 0.310 e. The number of halogens is 3. The quantitative estimate of drug-likeness (QED) is 0.644. The summed E-state index contributed by atoms with van der Waals surface area (Å²) < 4.78 is 43.2. The van der Waals surface area contributed by atoms with Crippen molar-refractivity contribution >= 4 is 23.4 Å². The number of para-hydroxylation sites is 1. The Morgan fingerprint density at radius 3 is 2.41 bits per heavy atom. The Kier molecular flexibility index (Phi) is 6.81. The third-order valence-electron chi connectivity index (χ3n) is 7.00. The lowest BCUT2D eigenvalue weighted by molar-refractivity contribution is -0.153. The van der Waals surface area contributed by atoms with Gasteiger partial charge in [-0.05, 0) is 49.9 Å². The molecule has 34 heavy (non-hydrogen) atoms. The Morgan fingerprint density at radius 1 is 1.09 bits per heavy atom. The summed E-state index contributed by atoms with van der Waals surface area (Å²) in [4.78, 5) is 33.3. The SMILES string of the molecule is O=C(CC1(C(=O)O)CCN(c2ccccn2)CC1)N(c1ccccc1F)C1CCCC(F)(F)C1. The first-order chi connectivity index (χ1) is 16.2. The predicted molar refractivity (Wildman–Crippen MR) is 121 cm³/mol. The van der Waals surface area contributed by atoms with E-state index in [1.165, 1.54) is 24.3 Å². The van der Waals surface area contributed by atoms with Crippen LogP contribution in [0.15, 0.2) is 48.7 Å². The van der Waals surface area contributed by atoms with Crippen LogP contribution in [0.1, 0.15) is 44.9 Å². The molecule has 2 fully saturated rings. The Morgan fingerprint density at radius 2 is 1.79 bits per heavy atom. The number of carbonyl (C=O) groups is 2. The van der Waals surface area contributed by atoms with Gasteiger partial charge >= 0.3 is 5.97 Å². The van der Waals surface area contributed by atoms with E-state index in [4.69, 9.17) is 0 Å². The molecule has 1 amide bonds. The number of carboxylic acid groups (broad SMARTS) is 1. The van der Waals surface area contributed by atoms with E-state index in [0.29, 0.717) is 19.5 Å². The van der Waals surface area contributed by atoms with Crippen LogP contribution in [-0.4, -0.2) is 47.0 Å². The molecule has 182 valence electrons. The zero-order chi connectivity index (χ0) is 24.3. The number of rotatable bonds is 6. The second kappa shape index (κ2) is 9.64. The van der Waals surface area contributed by atoms with Gasteiger partial charge in [-0.3, -0.25) is 9.59 Å². The highest BCUT2D eigenvalue weighted by molar-refractivity contribution is 5.97. The summed E-state index contributed by atoms with van der Waals surface area (Å²) in [6.45, 7) is 0.773. The first-order valence-electron chi connectivity index (χ1n) is 11.5. The number of alkyl halides is 2. The van der Waals surface area contributed by atoms with Crippen molar-refractivity contribution in [3.05, 3.63) is 54.5 Å². The lowest BCUT2D eigenvalue weighted by atomic mass is 9.75. The predicted octanol–water partition coefficient (Wildman–Crippen LogP) is 4.89. The Balaban J connectivity index is 1.58. The number of anilines is 2. The number of carbonyl (C=O) groups excluding carboxylic acids is 1. The average molecular weight is 476 g/mol. The fourth-order valence-corrected chi connectivity index (χ4v) is 5.09. The molecule has 2 heterocycles. The van der Waals surface area contributed by atoms with Crippen LogP contribution in [0, 0.1) is 11.2 Å². The van der Waals surface area contributed by atoms with Gasteiger partial charge in [-0.2, -0.15) is 0 Å². The van der Waals surface area contributed by atoms with Crippen LogP contribution in [0.5, 0.6) is 0 Å². The number of aromatic nitrogens is 1. The molecule has 1 aromatic carbocycles. The van der Waals surface area contributed by atoms with E-state index in [1.807, 2.05) is 17.0 Å². The van der Waals surface area contributed by atoms with Crippen LogP contribution in [0.4, 0.5) is 24.7 Å². The maximum Gasteiger partial charge on any atom is 0.310 e. The number of benzene rings is 1. The summed E-state index contributed by atoms with van der Waals surface area (Å²) in [6.07, 6.45) is 1.33. The normalized spacial score (nSPS) is 21.6. The fourth-order valence-electron chi connectivity index (χ4n) is 5.09. The van der Waals surface area contributed by atoms with E-state index in [0.717, 1.165) is 10.7 Å². The van der Waals surface area contributed by atoms with Gasteiger partial charge in [0.05, 0.1) is 11.1 Å².